The second-order valence-electron chi connectivity index (χ2n) is 8.13. The molecule has 2 amide bonds. The standard InChI is InChI=1S/C23H26N2O6/c1-23(2,21(29)24-11-19(26)20(27)28)13-25-22(30)31-12-18-16-9-5-3-7-14(16)15-8-4-6-10-17(15)18/h3-10,18-19,26H,11-13H2,1-2H3,(H,24,29)(H,25,30)(H,27,28). The van der Waals surface area contributed by atoms with E-state index in [9.17, 15) is 19.5 Å². The number of fused-ring (bicyclic) bond motifs is 3. The van der Waals surface area contributed by atoms with Gasteiger partial charge in [-0.3, -0.25) is 4.79 Å². The first-order valence-electron chi connectivity index (χ1n) is 9.98. The molecule has 164 valence electrons. The summed E-state index contributed by atoms with van der Waals surface area (Å²) in [5.41, 5.74) is 3.45. The van der Waals surface area contributed by atoms with Crippen molar-refractivity contribution >= 4 is 18.0 Å². The van der Waals surface area contributed by atoms with E-state index in [2.05, 4.69) is 22.8 Å². The molecule has 31 heavy (non-hydrogen) atoms. The van der Waals surface area contributed by atoms with Crippen LogP contribution in [0.25, 0.3) is 11.1 Å². The van der Waals surface area contributed by atoms with Gasteiger partial charge in [0.25, 0.3) is 0 Å². The Balaban J connectivity index is 1.54. The van der Waals surface area contributed by atoms with Crippen molar-refractivity contribution in [2.75, 3.05) is 19.7 Å². The van der Waals surface area contributed by atoms with E-state index in [4.69, 9.17) is 9.84 Å². The first-order valence-corrected chi connectivity index (χ1v) is 9.98. The maximum atomic E-state index is 12.3. The van der Waals surface area contributed by atoms with Gasteiger partial charge in [-0.15, -0.1) is 0 Å². The molecule has 0 aliphatic heterocycles. The molecule has 0 radical (unpaired) electrons. The lowest BCUT2D eigenvalue weighted by Crippen LogP contribution is -2.47. The molecule has 1 aliphatic carbocycles. The highest BCUT2D eigenvalue weighted by Gasteiger charge is 2.31. The van der Waals surface area contributed by atoms with Gasteiger partial charge in [0.05, 0.1) is 12.0 Å². The average molecular weight is 426 g/mol. The molecule has 1 unspecified atom stereocenters. The Hall–Kier alpha value is -3.39. The van der Waals surface area contributed by atoms with Crippen LogP contribution >= 0.6 is 0 Å². The predicted molar refractivity (Wildman–Crippen MR) is 114 cm³/mol. The van der Waals surface area contributed by atoms with Crippen LogP contribution in [0, 0.1) is 5.41 Å². The summed E-state index contributed by atoms with van der Waals surface area (Å²) in [6.07, 6.45) is -2.33. The van der Waals surface area contributed by atoms with E-state index in [1.807, 2.05) is 36.4 Å². The van der Waals surface area contributed by atoms with Gasteiger partial charge >= 0.3 is 12.1 Å². The second kappa shape index (κ2) is 9.18. The number of amides is 2. The van der Waals surface area contributed by atoms with Crippen molar-refractivity contribution in [2.45, 2.75) is 25.9 Å². The van der Waals surface area contributed by atoms with Gasteiger partial charge in [-0.05, 0) is 36.1 Å². The van der Waals surface area contributed by atoms with Crippen molar-refractivity contribution in [3.63, 3.8) is 0 Å². The molecule has 0 aromatic heterocycles. The minimum atomic E-state index is -1.69. The molecule has 0 heterocycles. The molecule has 0 saturated carbocycles. The van der Waals surface area contributed by atoms with Crippen molar-refractivity contribution in [2.24, 2.45) is 5.41 Å². The highest BCUT2D eigenvalue weighted by Crippen LogP contribution is 2.44. The van der Waals surface area contributed by atoms with Crippen molar-refractivity contribution in [1.82, 2.24) is 10.6 Å². The van der Waals surface area contributed by atoms with E-state index < -0.39 is 36.0 Å². The van der Waals surface area contributed by atoms with Gasteiger partial charge in [0.15, 0.2) is 6.10 Å². The van der Waals surface area contributed by atoms with Crippen molar-refractivity contribution in [3.8, 4) is 11.1 Å². The van der Waals surface area contributed by atoms with E-state index in [0.717, 1.165) is 22.3 Å². The van der Waals surface area contributed by atoms with Crippen LogP contribution in [0.15, 0.2) is 48.5 Å². The topological polar surface area (TPSA) is 125 Å². The van der Waals surface area contributed by atoms with Gasteiger partial charge in [-0.25, -0.2) is 9.59 Å². The maximum absolute atomic E-state index is 12.3. The first-order chi connectivity index (χ1) is 14.7. The van der Waals surface area contributed by atoms with Crippen LogP contribution in [0.1, 0.15) is 30.9 Å². The Labute approximate surface area is 180 Å². The number of carbonyl (C=O) groups is 3. The quantitative estimate of drug-likeness (QED) is 0.512. The molecule has 1 aliphatic rings. The van der Waals surface area contributed by atoms with Crippen LogP contribution in [-0.2, 0) is 14.3 Å². The van der Waals surface area contributed by atoms with Gasteiger partial charge in [-0.2, -0.15) is 0 Å². The van der Waals surface area contributed by atoms with Gasteiger partial charge in [0.1, 0.15) is 6.61 Å². The molecule has 0 spiro atoms. The lowest BCUT2D eigenvalue weighted by molar-refractivity contribution is -0.146. The summed E-state index contributed by atoms with van der Waals surface area (Å²) in [5, 5.41) is 22.9. The van der Waals surface area contributed by atoms with Crippen LogP contribution in [0.2, 0.25) is 0 Å². The zero-order chi connectivity index (χ0) is 22.6. The fourth-order valence-corrected chi connectivity index (χ4v) is 3.54. The van der Waals surface area contributed by atoms with Crippen LogP contribution in [0.5, 0.6) is 0 Å². The highest BCUT2D eigenvalue weighted by molar-refractivity contribution is 5.83. The van der Waals surface area contributed by atoms with E-state index >= 15 is 0 Å². The zero-order valence-electron chi connectivity index (χ0n) is 17.4. The molecule has 0 saturated heterocycles. The van der Waals surface area contributed by atoms with E-state index in [1.165, 1.54) is 0 Å². The van der Waals surface area contributed by atoms with Gasteiger partial charge in [0, 0.05) is 12.5 Å². The Morgan fingerprint density at radius 2 is 1.55 bits per heavy atom. The number of hydrogen-bond donors (Lipinski definition) is 4. The molecule has 4 N–H and O–H groups in total. The number of ether oxygens (including phenoxy) is 1. The van der Waals surface area contributed by atoms with E-state index in [1.54, 1.807) is 13.8 Å². The SMILES string of the molecule is CC(C)(CNC(=O)OCC1c2ccccc2-c2ccccc21)C(=O)NCC(O)C(=O)O. The number of carboxylic acids is 1. The summed E-state index contributed by atoms with van der Waals surface area (Å²) in [4.78, 5) is 35.1. The third-order valence-corrected chi connectivity index (χ3v) is 5.37. The maximum Gasteiger partial charge on any atom is 0.407 e. The molecular weight excluding hydrogens is 400 g/mol. The molecule has 1 atom stereocenters. The Kier molecular flexibility index (Phi) is 6.60. The van der Waals surface area contributed by atoms with Crippen LogP contribution < -0.4 is 10.6 Å². The molecule has 0 bridgehead atoms. The Morgan fingerprint density at radius 1 is 1.00 bits per heavy atom. The van der Waals surface area contributed by atoms with Crippen molar-refractivity contribution < 1.29 is 29.3 Å². The summed E-state index contributed by atoms with van der Waals surface area (Å²) in [7, 11) is 0. The number of nitrogens with one attached hydrogen (secondary N) is 2. The number of hydrogen-bond acceptors (Lipinski definition) is 5. The van der Waals surface area contributed by atoms with Gasteiger partial charge in [0.2, 0.25) is 5.91 Å². The lowest BCUT2D eigenvalue weighted by Gasteiger charge is -2.24. The summed E-state index contributed by atoms with van der Waals surface area (Å²) in [5.74, 6) is -1.98. The lowest BCUT2D eigenvalue weighted by atomic mass is 9.92. The number of alkyl carbamates (subject to hydrolysis) is 1. The predicted octanol–water partition coefficient (Wildman–Crippen LogP) is 2.11. The highest BCUT2D eigenvalue weighted by atomic mass is 16.5. The van der Waals surface area contributed by atoms with Crippen LogP contribution in [-0.4, -0.2) is 54.0 Å². The number of benzene rings is 2. The molecule has 8 heteroatoms. The Bertz CT molecular complexity index is 942. The fraction of sp³-hybridized carbons (Fsp3) is 0.348. The summed E-state index contributed by atoms with van der Waals surface area (Å²) >= 11 is 0. The number of aliphatic hydroxyl groups is 1. The van der Waals surface area contributed by atoms with Gasteiger partial charge in [-0.1, -0.05) is 48.5 Å². The minimum Gasteiger partial charge on any atom is -0.479 e. The normalized spacial score (nSPS) is 13.6. The molecular formula is C23H26N2O6. The van der Waals surface area contributed by atoms with Crippen LogP contribution in [0.3, 0.4) is 0 Å². The van der Waals surface area contributed by atoms with Crippen LogP contribution in [0.4, 0.5) is 4.79 Å². The molecule has 2 aromatic carbocycles. The third kappa shape index (κ3) is 5.03. The average Bonchev–Trinajstić information content (AvgIpc) is 3.08. The monoisotopic (exact) mass is 426 g/mol. The summed E-state index contributed by atoms with van der Waals surface area (Å²) in [6.45, 7) is 2.93. The summed E-state index contributed by atoms with van der Waals surface area (Å²) < 4.78 is 5.45. The third-order valence-electron chi connectivity index (χ3n) is 5.37. The largest absolute Gasteiger partial charge is 0.479 e. The molecule has 3 rings (SSSR count). The van der Waals surface area contributed by atoms with E-state index in [0.29, 0.717) is 0 Å². The second-order valence-corrected chi connectivity index (χ2v) is 8.13. The number of carbonyl (C=O) groups excluding carboxylic acids is 2. The number of carboxylic acid groups (broad SMARTS) is 1. The van der Waals surface area contributed by atoms with Gasteiger partial charge < -0.3 is 25.6 Å². The minimum absolute atomic E-state index is 0.0152. The molecule has 0 fully saturated rings. The number of aliphatic carboxylic acids is 1. The number of rotatable bonds is 8. The van der Waals surface area contributed by atoms with Crippen molar-refractivity contribution in [3.05, 3.63) is 59.7 Å². The zero-order valence-corrected chi connectivity index (χ0v) is 17.4. The molecule has 8 nitrogen and oxygen atoms in total. The number of aliphatic hydroxyl groups excluding tert-OH is 1. The first kappa shape index (κ1) is 22.3. The fourth-order valence-electron chi connectivity index (χ4n) is 3.54. The van der Waals surface area contributed by atoms with E-state index in [-0.39, 0.29) is 19.1 Å². The summed E-state index contributed by atoms with van der Waals surface area (Å²) in [6, 6.07) is 16.0. The Morgan fingerprint density at radius 3 is 2.10 bits per heavy atom. The van der Waals surface area contributed by atoms with Crippen molar-refractivity contribution in [1.29, 1.82) is 0 Å². The molecule has 2 aromatic rings. The smallest absolute Gasteiger partial charge is 0.407 e.